The van der Waals surface area contributed by atoms with Gasteiger partial charge < -0.3 is 9.47 Å². The highest BCUT2D eigenvalue weighted by molar-refractivity contribution is 7.17. The number of hydrogen-bond acceptors (Lipinski definition) is 4. The molecule has 0 aliphatic carbocycles. The van der Waals surface area contributed by atoms with Gasteiger partial charge >= 0.3 is 5.97 Å². The topological polar surface area (TPSA) is 35.5 Å². The molecule has 0 unspecified atom stereocenters. The minimum atomic E-state index is -0.311. The van der Waals surface area contributed by atoms with Gasteiger partial charge in [0, 0.05) is 15.5 Å². The molecule has 0 N–H and O–H groups in total. The quantitative estimate of drug-likeness (QED) is 0.733. The molecule has 0 saturated carbocycles. The molecule has 1 aromatic heterocycles. The molecule has 0 radical (unpaired) electrons. The summed E-state index contributed by atoms with van der Waals surface area (Å²) in [6.07, 6.45) is 0. The van der Waals surface area contributed by atoms with Crippen LogP contribution >= 0.6 is 11.3 Å². The van der Waals surface area contributed by atoms with E-state index in [2.05, 4.69) is 0 Å². The van der Waals surface area contributed by atoms with Crippen LogP contribution in [0.1, 0.15) is 10.4 Å². The monoisotopic (exact) mass is 222 g/mol. The average molecular weight is 222 g/mol. The van der Waals surface area contributed by atoms with E-state index in [4.69, 9.17) is 9.47 Å². The number of carbonyl (C=O) groups is 1. The molecule has 0 saturated heterocycles. The zero-order chi connectivity index (χ0) is 10.8. The highest BCUT2D eigenvalue weighted by Crippen LogP contribution is 2.29. The summed E-state index contributed by atoms with van der Waals surface area (Å²) in [5, 5.41) is 2.68. The Morgan fingerprint density at radius 1 is 1.33 bits per heavy atom. The van der Waals surface area contributed by atoms with Crippen LogP contribution in [0, 0.1) is 0 Å². The molecule has 15 heavy (non-hydrogen) atoms. The minimum Gasteiger partial charge on any atom is -0.497 e. The van der Waals surface area contributed by atoms with Gasteiger partial charge in [-0.25, -0.2) is 4.79 Å². The van der Waals surface area contributed by atoms with Crippen molar-refractivity contribution < 1.29 is 14.3 Å². The third-order valence-corrected chi connectivity index (χ3v) is 3.15. The number of carbonyl (C=O) groups excluding carboxylic acids is 1. The number of benzene rings is 1. The van der Waals surface area contributed by atoms with Crippen LogP contribution in [-0.4, -0.2) is 20.2 Å². The van der Waals surface area contributed by atoms with Gasteiger partial charge in [-0.05, 0) is 18.2 Å². The van der Waals surface area contributed by atoms with Gasteiger partial charge in [0.05, 0.1) is 19.8 Å². The van der Waals surface area contributed by atoms with E-state index >= 15 is 0 Å². The van der Waals surface area contributed by atoms with E-state index in [-0.39, 0.29) is 5.97 Å². The molecule has 1 heterocycles. The first-order valence-electron chi connectivity index (χ1n) is 4.40. The van der Waals surface area contributed by atoms with E-state index in [1.54, 1.807) is 12.5 Å². The standard InChI is InChI=1S/C11H10O3S/c1-13-7-3-4-10-8(5-7)9(6-15-10)11(12)14-2/h3-6H,1-2H3. The molecule has 2 rings (SSSR count). The highest BCUT2D eigenvalue weighted by Gasteiger charge is 2.12. The summed E-state index contributed by atoms with van der Waals surface area (Å²) in [6.45, 7) is 0. The lowest BCUT2D eigenvalue weighted by Gasteiger charge is -2.00. The molecule has 2 aromatic rings. The molecule has 0 atom stereocenters. The van der Waals surface area contributed by atoms with Crippen LogP contribution in [-0.2, 0) is 4.74 Å². The van der Waals surface area contributed by atoms with Crippen LogP contribution in [0.25, 0.3) is 10.1 Å². The summed E-state index contributed by atoms with van der Waals surface area (Å²) in [5.74, 6) is 0.431. The average Bonchev–Trinajstić information content (AvgIpc) is 2.70. The lowest BCUT2D eigenvalue weighted by atomic mass is 10.2. The van der Waals surface area contributed by atoms with Gasteiger partial charge in [0.1, 0.15) is 5.75 Å². The van der Waals surface area contributed by atoms with Gasteiger partial charge in [0.2, 0.25) is 0 Å². The number of methoxy groups -OCH3 is 2. The van der Waals surface area contributed by atoms with E-state index in [1.165, 1.54) is 18.4 Å². The second-order valence-electron chi connectivity index (χ2n) is 3.00. The predicted octanol–water partition coefficient (Wildman–Crippen LogP) is 2.70. The zero-order valence-corrected chi connectivity index (χ0v) is 9.26. The Balaban J connectivity index is 2.61. The second-order valence-corrected chi connectivity index (χ2v) is 3.91. The Kier molecular flexibility index (Phi) is 2.60. The van der Waals surface area contributed by atoms with E-state index in [0.29, 0.717) is 5.56 Å². The van der Waals surface area contributed by atoms with Crippen molar-refractivity contribution in [3.05, 3.63) is 29.1 Å². The maximum atomic E-state index is 11.4. The number of esters is 1. The summed E-state index contributed by atoms with van der Waals surface area (Å²) in [4.78, 5) is 11.4. The largest absolute Gasteiger partial charge is 0.497 e. The smallest absolute Gasteiger partial charge is 0.339 e. The fourth-order valence-electron chi connectivity index (χ4n) is 1.40. The zero-order valence-electron chi connectivity index (χ0n) is 8.44. The molecule has 1 aromatic carbocycles. The number of fused-ring (bicyclic) bond motifs is 1. The second kappa shape index (κ2) is 3.90. The number of ether oxygens (including phenoxy) is 2. The van der Waals surface area contributed by atoms with Crippen molar-refractivity contribution in [3.8, 4) is 5.75 Å². The summed E-state index contributed by atoms with van der Waals surface area (Å²) < 4.78 is 10.9. The van der Waals surface area contributed by atoms with Gasteiger partial charge in [-0.15, -0.1) is 11.3 Å². The first kappa shape index (κ1) is 9.98. The van der Waals surface area contributed by atoms with Crippen LogP contribution in [0.3, 0.4) is 0 Å². The molecule has 78 valence electrons. The summed E-state index contributed by atoms with van der Waals surface area (Å²) in [5.41, 5.74) is 0.594. The van der Waals surface area contributed by atoms with Gasteiger partial charge in [0.15, 0.2) is 0 Å². The molecule has 0 aliphatic rings. The highest BCUT2D eigenvalue weighted by atomic mass is 32.1. The lowest BCUT2D eigenvalue weighted by Crippen LogP contribution is -1.99. The van der Waals surface area contributed by atoms with E-state index in [1.807, 2.05) is 18.2 Å². The molecule has 0 amide bonds. The van der Waals surface area contributed by atoms with Gasteiger partial charge in [-0.3, -0.25) is 0 Å². The fourth-order valence-corrected chi connectivity index (χ4v) is 2.31. The molecule has 0 aliphatic heterocycles. The van der Waals surface area contributed by atoms with Crippen LogP contribution in [0.2, 0.25) is 0 Å². The predicted molar refractivity (Wildman–Crippen MR) is 59.7 cm³/mol. The number of rotatable bonds is 2. The Morgan fingerprint density at radius 3 is 2.80 bits per heavy atom. The molecule has 0 fully saturated rings. The Bertz CT molecular complexity index is 502. The third kappa shape index (κ3) is 1.68. The minimum absolute atomic E-state index is 0.311. The van der Waals surface area contributed by atoms with Crippen molar-refractivity contribution in [1.29, 1.82) is 0 Å². The van der Waals surface area contributed by atoms with Crippen molar-refractivity contribution in [2.24, 2.45) is 0 Å². The lowest BCUT2D eigenvalue weighted by molar-refractivity contribution is 0.0603. The maximum absolute atomic E-state index is 11.4. The van der Waals surface area contributed by atoms with Gasteiger partial charge in [0.25, 0.3) is 0 Å². The van der Waals surface area contributed by atoms with Crippen LogP contribution < -0.4 is 4.74 Å². The summed E-state index contributed by atoms with van der Waals surface area (Å²) >= 11 is 1.52. The first-order chi connectivity index (χ1) is 7.26. The van der Waals surface area contributed by atoms with Crippen molar-refractivity contribution in [3.63, 3.8) is 0 Å². The fraction of sp³-hybridized carbons (Fsp3) is 0.182. The first-order valence-corrected chi connectivity index (χ1v) is 5.28. The van der Waals surface area contributed by atoms with Gasteiger partial charge in [-0.1, -0.05) is 0 Å². The van der Waals surface area contributed by atoms with Crippen molar-refractivity contribution in [2.75, 3.05) is 14.2 Å². The SMILES string of the molecule is COC(=O)c1csc2ccc(OC)cc12. The van der Waals surface area contributed by atoms with E-state index in [9.17, 15) is 4.79 Å². The molecule has 0 bridgehead atoms. The van der Waals surface area contributed by atoms with Crippen LogP contribution in [0.15, 0.2) is 23.6 Å². The van der Waals surface area contributed by atoms with E-state index < -0.39 is 0 Å². The van der Waals surface area contributed by atoms with E-state index in [0.717, 1.165) is 15.8 Å². The van der Waals surface area contributed by atoms with Crippen molar-refractivity contribution in [1.82, 2.24) is 0 Å². The Morgan fingerprint density at radius 2 is 2.13 bits per heavy atom. The molecule has 0 spiro atoms. The Labute approximate surface area is 91.2 Å². The number of hydrogen-bond donors (Lipinski definition) is 0. The molecular formula is C11H10O3S. The van der Waals surface area contributed by atoms with Crippen LogP contribution in [0.5, 0.6) is 5.75 Å². The van der Waals surface area contributed by atoms with Crippen molar-refractivity contribution in [2.45, 2.75) is 0 Å². The number of thiophene rings is 1. The summed E-state index contributed by atoms with van der Waals surface area (Å²) in [7, 11) is 2.98. The molecule has 3 nitrogen and oxygen atoms in total. The maximum Gasteiger partial charge on any atom is 0.339 e. The Hall–Kier alpha value is -1.55. The van der Waals surface area contributed by atoms with Gasteiger partial charge in [-0.2, -0.15) is 0 Å². The van der Waals surface area contributed by atoms with Crippen LogP contribution in [0.4, 0.5) is 0 Å². The van der Waals surface area contributed by atoms with Crippen molar-refractivity contribution >= 4 is 27.4 Å². The third-order valence-electron chi connectivity index (χ3n) is 2.19. The summed E-state index contributed by atoms with van der Waals surface area (Å²) in [6, 6.07) is 5.66. The normalized spacial score (nSPS) is 10.3. The molecule has 4 heteroatoms. The molecular weight excluding hydrogens is 212 g/mol.